The fourth-order valence-electron chi connectivity index (χ4n) is 4.68. The van der Waals surface area contributed by atoms with E-state index in [2.05, 4.69) is 39.9 Å². The smallest absolute Gasteiger partial charge is 0.256 e. The highest BCUT2D eigenvalue weighted by atomic mass is 35.5. The Kier molecular flexibility index (Phi) is 6.17. The van der Waals surface area contributed by atoms with Gasteiger partial charge in [0.25, 0.3) is 11.9 Å². The van der Waals surface area contributed by atoms with Gasteiger partial charge in [-0.05, 0) is 65.8 Å². The Bertz CT molecular complexity index is 1530. The summed E-state index contributed by atoms with van der Waals surface area (Å²) in [6.07, 6.45) is 1.93. The average molecular weight is 515 g/mol. The molecular weight excluding hydrogens is 488 g/mol. The fraction of sp³-hybridized carbons (Fsp3) is 0.308. The number of aryl methyl sites for hydroxylation is 4. The molecule has 11 heteroatoms. The van der Waals surface area contributed by atoms with Crippen molar-refractivity contribution in [3.63, 3.8) is 0 Å². The second kappa shape index (κ2) is 9.33. The van der Waals surface area contributed by atoms with Crippen molar-refractivity contribution in [2.24, 2.45) is 0 Å². The van der Waals surface area contributed by atoms with Gasteiger partial charge in [-0.25, -0.2) is 9.36 Å². The highest BCUT2D eigenvalue weighted by molar-refractivity contribution is 6.32. The number of halogens is 1. The van der Waals surface area contributed by atoms with Crippen LogP contribution in [-0.2, 0) is 0 Å². The van der Waals surface area contributed by atoms with E-state index in [0.717, 1.165) is 40.0 Å². The van der Waals surface area contributed by atoms with Crippen LogP contribution in [0.25, 0.3) is 18.0 Å². The number of rotatable bonds is 5. The van der Waals surface area contributed by atoms with E-state index in [-0.39, 0.29) is 0 Å². The van der Waals surface area contributed by atoms with E-state index in [0.29, 0.717) is 41.4 Å². The molecule has 0 spiro atoms. The van der Waals surface area contributed by atoms with Crippen molar-refractivity contribution in [3.05, 3.63) is 69.3 Å². The molecule has 0 aliphatic carbocycles. The molecule has 0 saturated heterocycles. The van der Waals surface area contributed by atoms with E-state index in [4.69, 9.17) is 26.6 Å². The molecule has 4 heterocycles. The average Bonchev–Trinajstić information content (AvgIpc) is 3.48. The van der Waals surface area contributed by atoms with Gasteiger partial charge >= 0.3 is 0 Å². The molecular formula is C26H27ClN10. The highest BCUT2D eigenvalue weighted by Gasteiger charge is 2.31. The SMILES string of the molecule is CCN1C(=Cc2nc(-n3nc(C)cc3C)nc(-n3nc(C)cc3C)n2)N(CC)c2cc(C#N)c(Cl)cc21. The Hall–Kier alpha value is -4.23. The minimum atomic E-state index is 0.409. The van der Waals surface area contributed by atoms with Crippen molar-refractivity contribution in [2.75, 3.05) is 22.9 Å². The minimum absolute atomic E-state index is 0.409. The number of hydrogen-bond donors (Lipinski definition) is 0. The van der Waals surface area contributed by atoms with Crippen LogP contribution in [0.1, 0.15) is 48.0 Å². The summed E-state index contributed by atoms with van der Waals surface area (Å²) in [5.74, 6) is 2.17. The molecule has 37 heavy (non-hydrogen) atoms. The van der Waals surface area contributed by atoms with Gasteiger partial charge in [-0.1, -0.05) is 11.6 Å². The van der Waals surface area contributed by atoms with Crippen LogP contribution in [0.3, 0.4) is 0 Å². The molecule has 5 rings (SSSR count). The largest absolute Gasteiger partial charge is 0.326 e. The number of aromatic nitrogens is 7. The highest BCUT2D eigenvalue weighted by Crippen LogP contribution is 2.44. The van der Waals surface area contributed by atoms with Gasteiger partial charge in [-0.2, -0.15) is 30.4 Å². The Morgan fingerprint density at radius 2 is 1.32 bits per heavy atom. The zero-order chi connectivity index (χ0) is 26.4. The van der Waals surface area contributed by atoms with Crippen LogP contribution >= 0.6 is 11.6 Å². The van der Waals surface area contributed by atoms with E-state index in [9.17, 15) is 5.26 Å². The van der Waals surface area contributed by atoms with Gasteiger partial charge in [0, 0.05) is 30.6 Å². The van der Waals surface area contributed by atoms with Gasteiger partial charge in [0.05, 0.1) is 33.3 Å². The zero-order valence-electron chi connectivity index (χ0n) is 21.7. The van der Waals surface area contributed by atoms with Crippen LogP contribution in [0, 0.1) is 39.0 Å². The number of nitrogens with zero attached hydrogens (tertiary/aromatic N) is 10. The number of hydrogen-bond acceptors (Lipinski definition) is 8. The van der Waals surface area contributed by atoms with Gasteiger partial charge in [0.15, 0.2) is 5.82 Å². The van der Waals surface area contributed by atoms with Crippen LogP contribution in [0.4, 0.5) is 11.4 Å². The van der Waals surface area contributed by atoms with Gasteiger partial charge in [0.2, 0.25) is 0 Å². The Labute approximate surface area is 220 Å². The second-order valence-corrected chi connectivity index (χ2v) is 9.30. The molecule has 0 amide bonds. The van der Waals surface area contributed by atoms with Crippen LogP contribution in [-0.4, -0.2) is 47.6 Å². The first-order chi connectivity index (χ1) is 17.7. The lowest BCUT2D eigenvalue weighted by atomic mass is 10.2. The molecule has 3 aromatic heterocycles. The van der Waals surface area contributed by atoms with Crippen molar-refractivity contribution in [3.8, 4) is 18.0 Å². The third kappa shape index (κ3) is 4.21. The molecule has 0 bridgehead atoms. The Balaban J connectivity index is 1.71. The summed E-state index contributed by atoms with van der Waals surface area (Å²) < 4.78 is 3.43. The first-order valence-electron chi connectivity index (χ1n) is 12.1. The summed E-state index contributed by atoms with van der Waals surface area (Å²) in [5.41, 5.74) is 5.87. The molecule has 0 N–H and O–H groups in total. The van der Waals surface area contributed by atoms with E-state index in [1.54, 1.807) is 9.36 Å². The van der Waals surface area contributed by atoms with Crippen molar-refractivity contribution < 1.29 is 0 Å². The van der Waals surface area contributed by atoms with Crippen LogP contribution in [0.2, 0.25) is 5.02 Å². The first-order valence-corrected chi connectivity index (χ1v) is 12.5. The minimum Gasteiger partial charge on any atom is -0.326 e. The maximum absolute atomic E-state index is 9.53. The number of anilines is 2. The molecule has 0 atom stereocenters. The molecule has 10 nitrogen and oxygen atoms in total. The quantitative estimate of drug-likeness (QED) is 0.378. The molecule has 4 aromatic rings. The second-order valence-electron chi connectivity index (χ2n) is 8.90. The summed E-state index contributed by atoms with van der Waals surface area (Å²) in [5, 5.41) is 19.1. The van der Waals surface area contributed by atoms with Crippen molar-refractivity contribution in [2.45, 2.75) is 41.5 Å². The molecule has 1 aliphatic heterocycles. The molecule has 0 fully saturated rings. The lowest BCUT2D eigenvalue weighted by molar-refractivity contribution is 0.713. The van der Waals surface area contributed by atoms with Gasteiger partial charge < -0.3 is 9.80 Å². The lowest BCUT2D eigenvalue weighted by Gasteiger charge is -2.23. The van der Waals surface area contributed by atoms with Crippen LogP contribution in [0.5, 0.6) is 0 Å². The van der Waals surface area contributed by atoms with Gasteiger partial charge in [0.1, 0.15) is 11.9 Å². The topological polar surface area (TPSA) is 105 Å². The van der Waals surface area contributed by atoms with Gasteiger partial charge in [-0.15, -0.1) is 0 Å². The summed E-state index contributed by atoms with van der Waals surface area (Å²) in [4.78, 5) is 18.6. The first kappa shape index (κ1) is 24.5. The summed E-state index contributed by atoms with van der Waals surface area (Å²) >= 11 is 6.40. The Morgan fingerprint density at radius 3 is 1.76 bits per heavy atom. The maximum Gasteiger partial charge on any atom is 0.256 e. The molecule has 0 unspecified atom stereocenters. The van der Waals surface area contributed by atoms with Gasteiger partial charge in [-0.3, -0.25) is 0 Å². The van der Waals surface area contributed by atoms with E-state index >= 15 is 0 Å². The number of benzene rings is 1. The summed E-state index contributed by atoms with van der Waals surface area (Å²) in [6, 6.07) is 9.82. The maximum atomic E-state index is 9.53. The Morgan fingerprint density at radius 1 is 0.811 bits per heavy atom. The van der Waals surface area contributed by atoms with Crippen molar-refractivity contribution in [1.29, 1.82) is 5.26 Å². The molecule has 0 saturated carbocycles. The summed E-state index contributed by atoms with van der Waals surface area (Å²) in [7, 11) is 0. The summed E-state index contributed by atoms with van der Waals surface area (Å²) in [6.45, 7) is 13.3. The molecule has 188 valence electrons. The molecule has 1 aliphatic rings. The van der Waals surface area contributed by atoms with Crippen molar-refractivity contribution >= 4 is 29.1 Å². The monoisotopic (exact) mass is 514 g/mol. The van der Waals surface area contributed by atoms with E-state index in [1.807, 2.05) is 58.0 Å². The zero-order valence-corrected chi connectivity index (χ0v) is 22.4. The predicted octanol–water partition coefficient (Wildman–Crippen LogP) is 4.67. The molecule has 1 aromatic carbocycles. The standard InChI is InChI=1S/C26H27ClN10/c1-7-34-21-11-19(14-28)20(27)12-22(21)35(8-2)24(34)13-23-29-25(36-17(5)9-15(3)32-36)31-26(30-23)37-18(6)10-16(4)33-37/h9-13H,7-8H2,1-6H3. The number of fused-ring (bicyclic) bond motifs is 1. The lowest BCUT2D eigenvalue weighted by Crippen LogP contribution is -2.28. The van der Waals surface area contributed by atoms with Crippen LogP contribution in [0.15, 0.2) is 30.1 Å². The van der Waals surface area contributed by atoms with Crippen molar-refractivity contribution in [1.82, 2.24) is 34.5 Å². The van der Waals surface area contributed by atoms with Crippen LogP contribution < -0.4 is 9.80 Å². The third-order valence-electron chi connectivity index (χ3n) is 6.24. The fourth-order valence-corrected chi connectivity index (χ4v) is 4.88. The van der Waals surface area contributed by atoms with E-state index in [1.165, 1.54) is 0 Å². The molecule has 0 radical (unpaired) electrons. The predicted molar refractivity (Wildman–Crippen MR) is 143 cm³/mol. The third-order valence-corrected chi connectivity index (χ3v) is 6.55. The normalized spacial score (nSPS) is 13.9. The van der Waals surface area contributed by atoms with E-state index < -0.39 is 0 Å². The number of nitriles is 1.